The van der Waals surface area contributed by atoms with Gasteiger partial charge in [0.15, 0.2) is 0 Å². The number of ether oxygens (including phenoxy) is 1. The summed E-state index contributed by atoms with van der Waals surface area (Å²) in [5.41, 5.74) is 2.07. The van der Waals surface area contributed by atoms with Crippen LogP contribution in [0, 0.1) is 0 Å². The summed E-state index contributed by atoms with van der Waals surface area (Å²) in [6.07, 6.45) is 0. The molecule has 4 bridgehead atoms. The molecule has 0 aromatic heterocycles. The number of hydrogen-bond donors (Lipinski definition) is 1. The number of carbonyl (C=O) groups is 2. The van der Waals surface area contributed by atoms with Crippen LogP contribution in [0.2, 0.25) is 0 Å². The average Bonchev–Trinajstić information content (AvgIpc) is 2.58. The van der Waals surface area contributed by atoms with Crippen LogP contribution in [0.5, 0.6) is 11.5 Å². The Morgan fingerprint density at radius 2 is 1.61 bits per heavy atom. The average molecular weight is 301 g/mol. The van der Waals surface area contributed by atoms with Crippen LogP contribution in [0.15, 0.2) is 54.6 Å². The van der Waals surface area contributed by atoms with Gasteiger partial charge in [0, 0.05) is 11.1 Å². The second kappa shape index (κ2) is 4.20. The fourth-order valence-corrected chi connectivity index (χ4v) is 3.55. The van der Waals surface area contributed by atoms with Crippen LogP contribution < -0.4 is 10.1 Å². The summed E-state index contributed by atoms with van der Waals surface area (Å²) in [5.74, 6) is 0.0181. The lowest BCUT2D eigenvalue weighted by molar-refractivity contribution is -0.120. The Morgan fingerprint density at radius 1 is 0.870 bits per heavy atom. The quantitative estimate of drug-likeness (QED) is 0.648. The highest BCUT2D eigenvalue weighted by Crippen LogP contribution is 2.48. The van der Waals surface area contributed by atoms with Gasteiger partial charge in [-0.1, -0.05) is 42.5 Å². The SMILES string of the molecule is O=C1NC(=O)C2c3ccccc3Oc3cc1c1ccccc1c32. The summed E-state index contributed by atoms with van der Waals surface area (Å²) in [7, 11) is 0. The zero-order chi connectivity index (χ0) is 15.6. The molecule has 0 saturated carbocycles. The second-order valence-corrected chi connectivity index (χ2v) is 5.77. The molecule has 3 heterocycles. The molecule has 4 nitrogen and oxygen atoms in total. The molecule has 3 aliphatic rings. The van der Waals surface area contributed by atoms with E-state index >= 15 is 0 Å². The maximum absolute atomic E-state index is 12.7. The van der Waals surface area contributed by atoms with Crippen molar-refractivity contribution in [1.29, 1.82) is 0 Å². The zero-order valence-electron chi connectivity index (χ0n) is 12.0. The number of imide groups is 1. The minimum Gasteiger partial charge on any atom is -0.457 e. The highest BCUT2D eigenvalue weighted by atomic mass is 16.5. The molecule has 3 aromatic rings. The Balaban J connectivity index is 1.97. The van der Waals surface area contributed by atoms with Gasteiger partial charge in [0.25, 0.3) is 5.91 Å². The Labute approximate surface area is 131 Å². The van der Waals surface area contributed by atoms with E-state index in [0.717, 1.165) is 21.9 Å². The molecule has 110 valence electrons. The first-order chi connectivity index (χ1) is 11.2. The van der Waals surface area contributed by atoms with Gasteiger partial charge in [-0.15, -0.1) is 0 Å². The summed E-state index contributed by atoms with van der Waals surface area (Å²) < 4.78 is 6.00. The number of fused-ring (bicyclic) bond motifs is 3. The lowest BCUT2D eigenvalue weighted by Gasteiger charge is -2.31. The van der Waals surface area contributed by atoms with Gasteiger partial charge in [-0.25, -0.2) is 0 Å². The molecule has 4 heteroatoms. The predicted octanol–water partition coefficient (Wildman–Crippen LogP) is 3.35. The van der Waals surface area contributed by atoms with Gasteiger partial charge >= 0.3 is 0 Å². The molecule has 1 unspecified atom stereocenters. The van der Waals surface area contributed by atoms with Gasteiger partial charge in [-0.05, 0) is 22.9 Å². The normalized spacial score (nSPS) is 18.0. The van der Waals surface area contributed by atoms with Crippen LogP contribution in [0.4, 0.5) is 0 Å². The number of carbonyl (C=O) groups excluding carboxylic acids is 2. The summed E-state index contributed by atoms with van der Waals surface area (Å²) in [5, 5.41) is 4.24. The van der Waals surface area contributed by atoms with Crippen molar-refractivity contribution in [2.24, 2.45) is 0 Å². The molecule has 1 atom stereocenters. The van der Waals surface area contributed by atoms with Gasteiger partial charge < -0.3 is 4.74 Å². The van der Waals surface area contributed by atoms with E-state index in [-0.39, 0.29) is 11.8 Å². The first kappa shape index (κ1) is 12.4. The maximum Gasteiger partial charge on any atom is 0.258 e. The zero-order valence-corrected chi connectivity index (χ0v) is 12.0. The Kier molecular flexibility index (Phi) is 2.26. The molecule has 6 rings (SSSR count). The maximum atomic E-state index is 12.7. The fourth-order valence-electron chi connectivity index (χ4n) is 3.55. The highest BCUT2D eigenvalue weighted by molar-refractivity contribution is 6.18. The smallest absolute Gasteiger partial charge is 0.258 e. The van der Waals surface area contributed by atoms with Crippen molar-refractivity contribution in [3.05, 3.63) is 71.3 Å². The minimum absolute atomic E-state index is 0.307. The molecule has 0 fully saturated rings. The van der Waals surface area contributed by atoms with Gasteiger partial charge in [-0.3, -0.25) is 14.9 Å². The van der Waals surface area contributed by atoms with Crippen molar-refractivity contribution in [3.63, 3.8) is 0 Å². The molecule has 1 N–H and O–H groups in total. The van der Waals surface area contributed by atoms with Crippen molar-refractivity contribution in [3.8, 4) is 11.5 Å². The van der Waals surface area contributed by atoms with Crippen molar-refractivity contribution in [1.82, 2.24) is 5.32 Å². The van der Waals surface area contributed by atoms with Crippen molar-refractivity contribution in [2.75, 3.05) is 0 Å². The predicted molar refractivity (Wildman–Crippen MR) is 84.8 cm³/mol. The molecule has 0 radical (unpaired) electrons. The van der Waals surface area contributed by atoms with E-state index < -0.39 is 5.92 Å². The molecule has 3 aromatic carbocycles. The van der Waals surface area contributed by atoms with E-state index in [4.69, 9.17) is 4.74 Å². The van der Waals surface area contributed by atoms with Crippen LogP contribution in [0.3, 0.4) is 0 Å². The fraction of sp³-hybridized carbons (Fsp3) is 0.0526. The van der Waals surface area contributed by atoms with E-state index in [2.05, 4.69) is 5.32 Å². The van der Waals surface area contributed by atoms with E-state index in [1.807, 2.05) is 48.5 Å². The standard InChI is InChI=1S/C19H11NO3/c21-18-13-9-15-16(11-6-2-1-5-10(11)13)17(19(22)20-18)12-7-3-4-8-14(12)23-15/h1-9,17H,(H,20,21,22). The third kappa shape index (κ3) is 1.55. The number of para-hydroxylation sites is 1. The van der Waals surface area contributed by atoms with Crippen LogP contribution in [-0.2, 0) is 4.79 Å². The minimum atomic E-state index is -0.543. The molecule has 2 amide bonds. The first-order valence-electron chi connectivity index (χ1n) is 7.41. The number of hydrogen-bond acceptors (Lipinski definition) is 3. The molecule has 0 aliphatic carbocycles. The van der Waals surface area contributed by atoms with Gasteiger partial charge in [0.1, 0.15) is 11.5 Å². The molecular weight excluding hydrogens is 290 g/mol. The Hall–Kier alpha value is -3.14. The summed E-state index contributed by atoms with van der Waals surface area (Å²) in [6, 6.07) is 16.8. The molecule has 23 heavy (non-hydrogen) atoms. The van der Waals surface area contributed by atoms with Crippen LogP contribution in [-0.4, -0.2) is 11.8 Å². The molecule has 0 spiro atoms. The van der Waals surface area contributed by atoms with Crippen LogP contribution in [0.1, 0.15) is 27.4 Å². The number of rotatable bonds is 0. The second-order valence-electron chi connectivity index (χ2n) is 5.77. The largest absolute Gasteiger partial charge is 0.457 e. The molecule has 0 saturated heterocycles. The molecular formula is C19H11NO3. The van der Waals surface area contributed by atoms with Gasteiger partial charge in [0.05, 0.1) is 11.5 Å². The van der Waals surface area contributed by atoms with Crippen molar-refractivity contribution in [2.45, 2.75) is 5.92 Å². The van der Waals surface area contributed by atoms with E-state index in [1.165, 1.54) is 0 Å². The monoisotopic (exact) mass is 301 g/mol. The summed E-state index contributed by atoms with van der Waals surface area (Å²) in [6.45, 7) is 0. The van der Waals surface area contributed by atoms with Crippen LogP contribution >= 0.6 is 0 Å². The topological polar surface area (TPSA) is 55.4 Å². The molecule has 3 aliphatic heterocycles. The lowest BCUT2D eigenvalue weighted by atomic mass is 9.81. The summed E-state index contributed by atoms with van der Waals surface area (Å²) >= 11 is 0. The number of nitrogens with one attached hydrogen (secondary N) is 1. The first-order valence-corrected chi connectivity index (χ1v) is 7.41. The van der Waals surface area contributed by atoms with E-state index in [0.29, 0.717) is 17.1 Å². The van der Waals surface area contributed by atoms with Crippen molar-refractivity contribution < 1.29 is 14.3 Å². The number of amides is 2. The van der Waals surface area contributed by atoms with E-state index in [1.54, 1.807) is 6.07 Å². The number of benzene rings is 3. The van der Waals surface area contributed by atoms with Gasteiger partial charge in [-0.2, -0.15) is 0 Å². The highest BCUT2D eigenvalue weighted by Gasteiger charge is 2.38. The van der Waals surface area contributed by atoms with Crippen molar-refractivity contribution >= 4 is 22.6 Å². The Bertz CT molecular complexity index is 1020. The Morgan fingerprint density at radius 3 is 2.48 bits per heavy atom. The van der Waals surface area contributed by atoms with Crippen LogP contribution in [0.25, 0.3) is 10.8 Å². The van der Waals surface area contributed by atoms with E-state index in [9.17, 15) is 9.59 Å². The third-order valence-electron chi connectivity index (χ3n) is 4.53. The van der Waals surface area contributed by atoms with Gasteiger partial charge in [0.2, 0.25) is 5.91 Å². The summed E-state index contributed by atoms with van der Waals surface area (Å²) in [4.78, 5) is 25.2. The lowest BCUT2D eigenvalue weighted by Crippen LogP contribution is -2.38. The third-order valence-corrected chi connectivity index (χ3v) is 4.53.